The fraction of sp³-hybridized carbons (Fsp3) is 0.238. The molecule has 0 unspecified atom stereocenters. The van der Waals surface area contributed by atoms with Crippen LogP contribution in [0.1, 0.15) is 47.8 Å². The normalized spacial score (nSPS) is 11.7. The Hall–Kier alpha value is -2.43. The van der Waals surface area contributed by atoms with Gasteiger partial charge in [-0.05, 0) is 48.7 Å². The number of benzene rings is 2. The lowest BCUT2D eigenvalue weighted by Crippen LogP contribution is -2.18. The van der Waals surface area contributed by atoms with Gasteiger partial charge in [-0.25, -0.2) is 12.4 Å². The number of fused-ring (bicyclic) bond motifs is 1. The molecule has 0 aliphatic rings. The predicted octanol–water partition coefficient (Wildman–Crippen LogP) is 5.17. The Kier molecular flexibility index (Phi) is 5.46. The first-order chi connectivity index (χ1) is 13.2. The molecule has 144 valence electrons. The van der Waals surface area contributed by atoms with Crippen molar-refractivity contribution in [1.29, 1.82) is 5.26 Å². The number of rotatable bonds is 5. The van der Waals surface area contributed by atoms with Gasteiger partial charge in [0.2, 0.25) is 0 Å². The molecule has 0 spiro atoms. The summed E-state index contributed by atoms with van der Waals surface area (Å²) in [5.41, 5.74) is 2.33. The molecule has 0 aliphatic carbocycles. The zero-order valence-corrected chi connectivity index (χ0v) is 18.1. The Balaban J connectivity index is 2.37. The molecule has 0 atom stereocenters. The number of hydrogen-bond acceptors (Lipinski definition) is 4. The van der Waals surface area contributed by atoms with Gasteiger partial charge in [-0.15, -0.1) is 0 Å². The molecule has 7 heteroatoms. The van der Waals surface area contributed by atoms with Crippen LogP contribution in [0.25, 0.3) is 10.9 Å². The first-order valence-electron chi connectivity index (χ1n) is 8.74. The Bertz CT molecular complexity index is 1220. The van der Waals surface area contributed by atoms with Gasteiger partial charge < -0.3 is 0 Å². The van der Waals surface area contributed by atoms with Crippen LogP contribution < -0.4 is 0 Å². The van der Waals surface area contributed by atoms with Crippen molar-refractivity contribution in [3.8, 4) is 6.07 Å². The molecule has 0 aliphatic heterocycles. The lowest BCUT2D eigenvalue weighted by atomic mass is 10.0. The summed E-state index contributed by atoms with van der Waals surface area (Å²) < 4.78 is 28.6. The number of carbonyl (C=O) groups excluding carboxylic acids is 1. The molecular weight excluding hydrogens is 440 g/mol. The largest absolute Gasteiger partial charge is 0.291 e. The summed E-state index contributed by atoms with van der Waals surface area (Å²) in [6.07, 6.45) is -0.391. The number of Topliss-reactive ketones (excluding diaryl/α,β-unsaturated/α-hetero) is 1. The Morgan fingerprint density at radius 3 is 2.39 bits per heavy atom. The van der Waals surface area contributed by atoms with E-state index in [1.807, 2.05) is 32.9 Å². The summed E-state index contributed by atoms with van der Waals surface area (Å²) >= 11 is 3.52. The molecular formula is C21H19BrN2O3S. The summed E-state index contributed by atoms with van der Waals surface area (Å²) in [6, 6.07) is 13.4. The van der Waals surface area contributed by atoms with Gasteiger partial charge in [-0.1, -0.05) is 47.5 Å². The van der Waals surface area contributed by atoms with Gasteiger partial charge in [0.15, 0.2) is 5.78 Å². The third-order valence-corrected chi connectivity index (χ3v) is 7.01. The van der Waals surface area contributed by atoms with E-state index in [-0.39, 0.29) is 16.5 Å². The zero-order chi connectivity index (χ0) is 20.6. The molecule has 28 heavy (non-hydrogen) atoms. The molecule has 3 rings (SSSR count). The van der Waals surface area contributed by atoms with Crippen molar-refractivity contribution >= 4 is 42.6 Å². The minimum absolute atomic E-state index is 0.00932. The van der Waals surface area contributed by atoms with E-state index in [2.05, 4.69) is 15.9 Å². The molecule has 0 radical (unpaired) electrons. The summed E-state index contributed by atoms with van der Waals surface area (Å²) in [4.78, 5) is 12.6. The van der Waals surface area contributed by atoms with Crippen molar-refractivity contribution in [2.75, 3.05) is 0 Å². The molecule has 0 saturated carbocycles. The standard InChI is InChI=1S/C21H19BrN2O3S/c1-13(2)17-10-15-11-20(21(25)8-9-23)24(19(15)12-18(17)22)28(26,27)16-6-4-14(3)5-7-16/h4-7,10-13H,8H2,1-3H3. The quantitative estimate of drug-likeness (QED) is 0.493. The van der Waals surface area contributed by atoms with Crippen molar-refractivity contribution in [2.24, 2.45) is 0 Å². The summed E-state index contributed by atoms with van der Waals surface area (Å²) in [6.45, 7) is 5.94. The topological polar surface area (TPSA) is 79.9 Å². The van der Waals surface area contributed by atoms with E-state index in [1.54, 1.807) is 24.3 Å². The first-order valence-corrected chi connectivity index (χ1v) is 11.0. The van der Waals surface area contributed by atoms with Crippen LogP contribution in [-0.2, 0) is 10.0 Å². The third-order valence-electron chi connectivity index (χ3n) is 4.58. The van der Waals surface area contributed by atoms with Crippen molar-refractivity contribution in [2.45, 2.75) is 38.0 Å². The molecule has 0 amide bonds. The molecule has 0 saturated heterocycles. The van der Waals surface area contributed by atoms with Crippen molar-refractivity contribution in [1.82, 2.24) is 3.97 Å². The fourth-order valence-corrected chi connectivity index (χ4v) is 5.41. The maximum Gasteiger partial charge on any atom is 0.268 e. The summed E-state index contributed by atoms with van der Waals surface area (Å²) in [7, 11) is -4.02. The third kappa shape index (κ3) is 3.50. The van der Waals surface area contributed by atoms with Gasteiger partial charge in [0.25, 0.3) is 10.0 Å². The van der Waals surface area contributed by atoms with Gasteiger partial charge in [0.05, 0.1) is 16.5 Å². The van der Waals surface area contributed by atoms with Crippen LogP contribution in [0.4, 0.5) is 0 Å². The minimum atomic E-state index is -4.02. The molecule has 1 heterocycles. The Morgan fingerprint density at radius 1 is 1.18 bits per heavy atom. The van der Waals surface area contributed by atoms with Gasteiger partial charge in [0.1, 0.15) is 12.1 Å². The smallest absolute Gasteiger partial charge is 0.268 e. The van der Waals surface area contributed by atoms with E-state index in [1.165, 1.54) is 12.1 Å². The molecule has 0 bridgehead atoms. The maximum atomic E-state index is 13.4. The first kappa shape index (κ1) is 20.3. The highest BCUT2D eigenvalue weighted by Gasteiger charge is 2.27. The molecule has 1 aromatic heterocycles. The second kappa shape index (κ2) is 7.53. The van der Waals surface area contributed by atoms with Crippen LogP contribution in [0.2, 0.25) is 0 Å². The molecule has 2 aromatic carbocycles. The average molecular weight is 459 g/mol. The van der Waals surface area contributed by atoms with E-state index in [0.717, 1.165) is 19.6 Å². The van der Waals surface area contributed by atoms with Crippen LogP contribution in [0.3, 0.4) is 0 Å². The number of nitriles is 1. The number of carbonyl (C=O) groups is 1. The highest BCUT2D eigenvalue weighted by molar-refractivity contribution is 9.10. The Labute approximate surface area is 172 Å². The van der Waals surface area contributed by atoms with Crippen LogP contribution in [0, 0.1) is 18.3 Å². The van der Waals surface area contributed by atoms with Gasteiger partial charge in [0, 0.05) is 9.86 Å². The highest BCUT2D eigenvalue weighted by Crippen LogP contribution is 2.34. The SMILES string of the molecule is Cc1ccc(S(=O)(=O)n2c(C(=O)CC#N)cc3cc(C(C)C)c(Br)cc32)cc1. The number of hydrogen-bond donors (Lipinski definition) is 0. The van der Waals surface area contributed by atoms with E-state index >= 15 is 0 Å². The second-order valence-corrected chi connectivity index (χ2v) is 9.60. The number of aryl methyl sites for hydroxylation is 1. The molecule has 3 aromatic rings. The summed E-state index contributed by atoms with van der Waals surface area (Å²) in [5, 5.41) is 9.58. The average Bonchev–Trinajstić information content (AvgIpc) is 3.00. The Morgan fingerprint density at radius 2 is 1.82 bits per heavy atom. The van der Waals surface area contributed by atoms with Crippen LogP contribution in [-0.4, -0.2) is 18.2 Å². The van der Waals surface area contributed by atoms with Gasteiger partial charge in [-0.3, -0.25) is 4.79 Å². The number of nitrogens with zero attached hydrogens (tertiary/aromatic N) is 2. The second-order valence-electron chi connectivity index (χ2n) is 6.96. The number of halogens is 1. The van der Waals surface area contributed by atoms with Crippen molar-refractivity contribution < 1.29 is 13.2 Å². The van der Waals surface area contributed by atoms with Gasteiger partial charge in [-0.2, -0.15) is 5.26 Å². The number of aromatic nitrogens is 1. The van der Waals surface area contributed by atoms with E-state index < -0.39 is 22.2 Å². The van der Waals surface area contributed by atoms with Gasteiger partial charge >= 0.3 is 0 Å². The van der Waals surface area contributed by atoms with Crippen molar-refractivity contribution in [3.05, 3.63) is 63.8 Å². The fourth-order valence-electron chi connectivity index (χ4n) is 3.10. The van der Waals surface area contributed by atoms with Crippen molar-refractivity contribution in [3.63, 3.8) is 0 Å². The monoisotopic (exact) mass is 458 g/mol. The van der Waals surface area contributed by atoms with E-state index in [0.29, 0.717) is 10.9 Å². The maximum absolute atomic E-state index is 13.4. The predicted molar refractivity (Wildman–Crippen MR) is 112 cm³/mol. The van der Waals surface area contributed by atoms with Crippen LogP contribution in [0.5, 0.6) is 0 Å². The summed E-state index contributed by atoms with van der Waals surface area (Å²) in [5.74, 6) is -0.314. The number of ketones is 1. The van der Waals surface area contributed by atoms with E-state index in [4.69, 9.17) is 5.26 Å². The minimum Gasteiger partial charge on any atom is -0.291 e. The van der Waals surface area contributed by atoms with E-state index in [9.17, 15) is 13.2 Å². The zero-order valence-electron chi connectivity index (χ0n) is 15.7. The molecule has 0 N–H and O–H groups in total. The van der Waals surface area contributed by atoms with Crippen LogP contribution in [0.15, 0.2) is 51.8 Å². The van der Waals surface area contributed by atoms with Crippen LogP contribution >= 0.6 is 15.9 Å². The lowest BCUT2D eigenvalue weighted by Gasteiger charge is -2.13. The highest BCUT2D eigenvalue weighted by atomic mass is 79.9. The molecule has 0 fully saturated rings. The molecule has 5 nitrogen and oxygen atoms in total. The lowest BCUT2D eigenvalue weighted by molar-refractivity contribution is 0.0992.